The maximum atomic E-state index is 6.06. The van der Waals surface area contributed by atoms with Gasteiger partial charge in [-0.1, -0.05) is 20.8 Å². The van der Waals surface area contributed by atoms with E-state index in [2.05, 4.69) is 36.7 Å². The van der Waals surface area contributed by atoms with Crippen molar-refractivity contribution in [3.05, 3.63) is 22.6 Å². The largest absolute Gasteiger partial charge is 0.457 e. The molecule has 1 rings (SSSR count). The Morgan fingerprint density at radius 1 is 1.50 bits per heavy atom. The SMILES string of the molecule is CC(C)(C)CCC(N)c1ccoc1Br. The second-order valence-corrected chi connectivity index (χ2v) is 5.58. The van der Waals surface area contributed by atoms with Crippen LogP contribution in [0.1, 0.15) is 45.2 Å². The van der Waals surface area contributed by atoms with Gasteiger partial charge in [0.1, 0.15) is 0 Å². The van der Waals surface area contributed by atoms with Gasteiger partial charge >= 0.3 is 0 Å². The minimum absolute atomic E-state index is 0.0716. The molecule has 0 aliphatic heterocycles. The molecular weight excluding hydrogens is 242 g/mol. The molecule has 1 aromatic heterocycles. The zero-order valence-electron chi connectivity index (χ0n) is 9.01. The first-order valence-electron chi connectivity index (χ1n) is 4.88. The van der Waals surface area contributed by atoms with Gasteiger partial charge in [-0.05, 0) is 40.3 Å². The highest BCUT2D eigenvalue weighted by Gasteiger charge is 2.16. The lowest BCUT2D eigenvalue weighted by Gasteiger charge is -2.20. The molecule has 1 heterocycles. The Balaban J connectivity index is 2.51. The summed E-state index contributed by atoms with van der Waals surface area (Å²) in [5.41, 5.74) is 7.46. The number of hydrogen-bond donors (Lipinski definition) is 1. The van der Waals surface area contributed by atoms with Crippen LogP contribution in [0.5, 0.6) is 0 Å². The van der Waals surface area contributed by atoms with Crippen molar-refractivity contribution in [3.63, 3.8) is 0 Å². The summed E-state index contributed by atoms with van der Waals surface area (Å²) < 4.78 is 5.92. The smallest absolute Gasteiger partial charge is 0.173 e. The molecule has 0 bridgehead atoms. The summed E-state index contributed by atoms with van der Waals surface area (Å²) in [7, 11) is 0. The molecule has 0 aliphatic rings. The van der Waals surface area contributed by atoms with Gasteiger partial charge in [-0.15, -0.1) is 0 Å². The molecule has 0 saturated heterocycles. The average molecular weight is 260 g/mol. The van der Waals surface area contributed by atoms with Gasteiger partial charge in [0.25, 0.3) is 0 Å². The van der Waals surface area contributed by atoms with Gasteiger partial charge in [-0.25, -0.2) is 0 Å². The molecule has 14 heavy (non-hydrogen) atoms. The van der Waals surface area contributed by atoms with Gasteiger partial charge in [0, 0.05) is 11.6 Å². The lowest BCUT2D eigenvalue weighted by molar-refractivity contribution is 0.348. The minimum Gasteiger partial charge on any atom is -0.457 e. The predicted molar refractivity (Wildman–Crippen MR) is 62.0 cm³/mol. The van der Waals surface area contributed by atoms with Gasteiger partial charge in [-0.2, -0.15) is 0 Å². The van der Waals surface area contributed by atoms with Gasteiger partial charge in [0.05, 0.1) is 6.26 Å². The molecule has 0 saturated carbocycles. The van der Waals surface area contributed by atoms with E-state index in [1.54, 1.807) is 6.26 Å². The summed E-state index contributed by atoms with van der Waals surface area (Å²) in [5, 5.41) is 0. The Labute approximate surface area is 94.0 Å². The van der Waals surface area contributed by atoms with Gasteiger partial charge < -0.3 is 10.2 Å². The van der Waals surface area contributed by atoms with Crippen molar-refractivity contribution in [2.24, 2.45) is 11.1 Å². The van der Waals surface area contributed by atoms with E-state index >= 15 is 0 Å². The fourth-order valence-electron chi connectivity index (χ4n) is 1.31. The summed E-state index contributed by atoms with van der Waals surface area (Å²) in [6.45, 7) is 6.68. The molecule has 3 heteroatoms. The quantitative estimate of drug-likeness (QED) is 0.896. The second kappa shape index (κ2) is 4.49. The third-order valence-electron chi connectivity index (χ3n) is 2.25. The van der Waals surface area contributed by atoms with Crippen molar-refractivity contribution < 1.29 is 4.42 Å². The van der Waals surface area contributed by atoms with Crippen LogP contribution in [-0.2, 0) is 0 Å². The number of nitrogens with two attached hydrogens (primary N) is 1. The highest BCUT2D eigenvalue weighted by molar-refractivity contribution is 9.10. The Hall–Kier alpha value is -0.280. The summed E-state index contributed by atoms with van der Waals surface area (Å²) in [6, 6.07) is 2.00. The Morgan fingerprint density at radius 3 is 2.57 bits per heavy atom. The number of hydrogen-bond acceptors (Lipinski definition) is 2. The molecule has 0 amide bonds. The highest BCUT2D eigenvalue weighted by atomic mass is 79.9. The van der Waals surface area contributed by atoms with E-state index in [4.69, 9.17) is 10.2 Å². The molecule has 1 unspecified atom stereocenters. The fraction of sp³-hybridized carbons (Fsp3) is 0.636. The van der Waals surface area contributed by atoms with Crippen LogP contribution in [0.3, 0.4) is 0 Å². The van der Waals surface area contributed by atoms with Crippen LogP contribution in [0.15, 0.2) is 21.4 Å². The third kappa shape index (κ3) is 3.46. The summed E-state index contributed by atoms with van der Waals surface area (Å²) in [4.78, 5) is 0. The summed E-state index contributed by atoms with van der Waals surface area (Å²) >= 11 is 3.34. The Kier molecular flexibility index (Phi) is 3.78. The zero-order valence-corrected chi connectivity index (χ0v) is 10.6. The van der Waals surface area contributed by atoms with Gasteiger partial charge in [0.2, 0.25) is 0 Å². The molecule has 2 N–H and O–H groups in total. The van der Waals surface area contributed by atoms with Crippen LogP contribution in [0.4, 0.5) is 0 Å². The standard InChI is InChI=1S/C11H18BrNO/c1-11(2,3)6-4-9(13)8-5-7-14-10(8)12/h5,7,9H,4,6,13H2,1-3H3. The molecular formula is C11H18BrNO. The van der Waals surface area contributed by atoms with Crippen LogP contribution in [0.2, 0.25) is 0 Å². The first-order chi connectivity index (χ1) is 6.40. The first-order valence-corrected chi connectivity index (χ1v) is 5.68. The lowest BCUT2D eigenvalue weighted by Crippen LogP contribution is -2.14. The molecule has 1 aromatic rings. The number of furan rings is 1. The van der Waals surface area contributed by atoms with Crippen molar-refractivity contribution in [3.8, 4) is 0 Å². The predicted octanol–water partition coefficient (Wildman–Crippen LogP) is 3.87. The first kappa shape index (κ1) is 11.8. The average Bonchev–Trinajstić information content (AvgIpc) is 2.46. The van der Waals surface area contributed by atoms with Crippen LogP contribution >= 0.6 is 15.9 Å². The summed E-state index contributed by atoms with van der Waals surface area (Å²) in [5.74, 6) is 0. The van der Waals surface area contributed by atoms with Crippen molar-refractivity contribution in [1.82, 2.24) is 0 Å². The van der Waals surface area contributed by atoms with Crippen molar-refractivity contribution in [2.45, 2.75) is 39.7 Å². The third-order valence-corrected chi connectivity index (χ3v) is 2.90. The fourth-order valence-corrected chi connectivity index (χ4v) is 1.85. The molecule has 0 aliphatic carbocycles. The van der Waals surface area contributed by atoms with Crippen molar-refractivity contribution >= 4 is 15.9 Å². The Morgan fingerprint density at radius 2 is 2.14 bits per heavy atom. The van der Waals surface area contributed by atoms with Gasteiger partial charge in [0.15, 0.2) is 4.67 Å². The van der Waals surface area contributed by atoms with E-state index in [0.717, 1.165) is 23.1 Å². The highest BCUT2D eigenvalue weighted by Crippen LogP contribution is 2.29. The molecule has 0 spiro atoms. The maximum Gasteiger partial charge on any atom is 0.173 e. The maximum absolute atomic E-state index is 6.06. The molecule has 2 nitrogen and oxygen atoms in total. The molecule has 0 fully saturated rings. The molecule has 0 radical (unpaired) electrons. The molecule has 80 valence electrons. The van der Waals surface area contributed by atoms with E-state index in [1.165, 1.54) is 0 Å². The summed E-state index contributed by atoms with van der Waals surface area (Å²) in [6.07, 6.45) is 3.77. The number of rotatable bonds is 3. The van der Waals surface area contributed by atoms with Crippen molar-refractivity contribution in [1.29, 1.82) is 0 Å². The Bertz CT molecular complexity index is 288. The minimum atomic E-state index is 0.0716. The normalized spacial score (nSPS) is 14.4. The van der Waals surface area contributed by atoms with E-state index in [0.29, 0.717) is 5.41 Å². The van der Waals surface area contributed by atoms with E-state index in [9.17, 15) is 0 Å². The van der Waals surface area contributed by atoms with Gasteiger partial charge in [-0.3, -0.25) is 0 Å². The van der Waals surface area contributed by atoms with E-state index in [-0.39, 0.29) is 6.04 Å². The van der Waals surface area contributed by atoms with Crippen molar-refractivity contribution in [2.75, 3.05) is 0 Å². The van der Waals surface area contributed by atoms with E-state index < -0.39 is 0 Å². The molecule has 0 aromatic carbocycles. The van der Waals surface area contributed by atoms with Crippen LogP contribution in [-0.4, -0.2) is 0 Å². The van der Waals surface area contributed by atoms with Crippen LogP contribution in [0, 0.1) is 5.41 Å². The lowest BCUT2D eigenvalue weighted by atomic mass is 9.88. The second-order valence-electron chi connectivity index (χ2n) is 4.86. The number of halogens is 1. The zero-order chi connectivity index (χ0) is 10.8. The topological polar surface area (TPSA) is 39.2 Å². The van der Waals surface area contributed by atoms with Crippen LogP contribution < -0.4 is 5.73 Å². The monoisotopic (exact) mass is 259 g/mol. The molecule has 1 atom stereocenters. The van der Waals surface area contributed by atoms with E-state index in [1.807, 2.05) is 6.07 Å². The van der Waals surface area contributed by atoms with Crippen LogP contribution in [0.25, 0.3) is 0 Å².